The highest BCUT2D eigenvalue weighted by molar-refractivity contribution is 7.91. The van der Waals surface area contributed by atoms with Crippen LogP contribution in [0.3, 0.4) is 0 Å². The van der Waals surface area contributed by atoms with E-state index in [4.69, 9.17) is 0 Å². The summed E-state index contributed by atoms with van der Waals surface area (Å²) in [5, 5.41) is 0. The van der Waals surface area contributed by atoms with Gasteiger partial charge in [-0.2, -0.15) is 0 Å². The molecule has 1 atom stereocenters. The lowest BCUT2D eigenvalue weighted by molar-refractivity contribution is 0.0977. The second-order valence-electron chi connectivity index (χ2n) is 6.85. The van der Waals surface area contributed by atoms with E-state index in [0.717, 1.165) is 6.54 Å². The van der Waals surface area contributed by atoms with E-state index in [2.05, 4.69) is 43.0 Å². The van der Waals surface area contributed by atoms with Gasteiger partial charge in [-0.05, 0) is 31.0 Å². The monoisotopic (exact) mass is 343 g/mol. The number of benzene rings is 2. The van der Waals surface area contributed by atoms with Crippen LogP contribution in [0.2, 0.25) is 0 Å². The number of hydrogen-bond donors (Lipinski definition) is 0. The quantitative estimate of drug-likeness (QED) is 0.831. The van der Waals surface area contributed by atoms with E-state index in [1.54, 1.807) is 0 Å². The van der Waals surface area contributed by atoms with Gasteiger partial charge < -0.3 is 0 Å². The smallest absolute Gasteiger partial charge is 0.152 e. The highest BCUT2D eigenvalue weighted by atomic mass is 32.2. The molecule has 3 rings (SSSR count). The van der Waals surface area contributed by atoms with Gasteiger partial charge in [0, 0.05) is 5.54 Å². The Kier molecular flexibility index (Phi) is 4.79. The topological polar surface area (TPSA) is 37.4 Å². The maximum Gasteiger partial charge on any atom is 0.152 e. The Morgan fingerprint density at radius 1 is 1.00 bits per heavy atom. The average molecular weight is 343 g/mol. The number of rotatable bonds is 5. The van der Waals surface area contributed by atoms with Crippen LogP contribution in [0.5, 0.6) is 0 Å². The summed E-state index contributed by atoms with van der Waals surface area (Å²) in [5.41, 5.74) is 2.08. The van der Waals surface area contributed by atoms with Crippen LogP contribution >= 0.6 is 0 Å². The first-order chi connectivity index (χ1) is 11.5. The second-order valence-corrected chi connectivity index (χ2v) is 9.03. The Morgan fingerprint density at radius 3 is 1.88 bits per heavy atom. The fourth-order valence-electron chi connectivity index (χ4n) is 3.92. The molecule has 4 heteroatoms. The van der Waals surface area contributed by atoms with Crippen molar-refractivity contribution in [2.75, 3.05) is 18.1 Å². The molecule has 2 aromatic rings. The number of nitrogens with zero attached hydrogens (tertiary/aromatic N) is 1. The van der Waals surface area contributed by atoms with Gasteiger partial charge in [0.05, 0.1) is 17.5 Å². The predicted octanol–water partition coefficient (Wildman–Crippen LogP) is 3.68. The molecule has 128 valence electrons. The molecule has 0 N–H and O–H groups in total. The van der Waals surface area contributed by atoms with Crippen LogP contribution < -0.4 is 0 Å². The first-order valence-electron chi connectivity index (χ1n) is 8.52. The Labute approximate surface area is 145 Å². The third-order valence-electron chi connectivity index (χ3n) is 5.06. The fraction of sp³-hybridized carbons (Fsp3) is 0.400. The van der Waals surface area contributed by atoms with E-state index in [1.807, 2.05) is 36.4 Å². The first kappa shape index (κ1) is 17.2. The van der Waals surface area contributed by atoms with Crippen LogP contribution in [0.25, 0.3) is 0 Å². The molecule has 0 aromatic heterocycles. The number of hydrogen-bond acceptors (Lipinski definition) is 3. The van der Waals surface area contributed by atoms with Crippen molar-refractivity contribution < 1.29 is 8.42 Å². The zero-order chi connectivity index (χ0) is 17.2. The van der Waals surface area contributed by atoms with Crippen LogP contribution in [0.15, 0.2) is 60.7 Å². The first-order valence-corrected chi connectivity index (χ1v) is 10.3. The molecular weight excluding hydrogens is 318 g/mol. The molecule has 1 saturated heterocycles. The Balaban J connectivity index is 2.07. The number of sulfone groups is 1. The van der Waals surface area contributed by atoms with Crippen molar-refractivity contribution in [2.24, 2.45) is 0 Å². The second kappa shape index (κ2) is 6.69. The Hall–Kier alpha value is -1.65. The van der Waals surface area contributed by atoms with Crippen LogP contribution in [-0.2, 0) is 9.84 Å². The molecule has 1 heterocycles. The zero-order valence-electron chi connectivity index (χ0n) is 14.4. The summed E-state index contributed by atoms with van der Waals surface area (Å²) in [5.74, 6) is 0.528. The Bertz CT molecular complexity index is 734. The van der Waals surface area contributed by atoms with E-state index in [-0.39, 0.29) is 23.1 Å². The van der Waals surface area contributed by atoms with E-state index in [9.17, 15) is 8.42 Å². The van der Waals surface area contributed by atoms with Crippen LogP contribution in [0.1, 0.15) is 37.4 Å². The molecule has 3 nitrogen and oxygen atoms in total. The van der Waals surface area contributed by atoms with Crippen molar-refractivity contribution in [3.8, 4) is 0 Å². The van der Waals surface area contributed by atoms with Crippen molar-refractivity contribution in [1.29, 1.82) is 0 Å². The van der Waals surface area contributed by atoms with Gasteiger partial charge in [-0.3, -0.25) is 4.90 Å². The van der Waals surface area contributed by atoms with Gasteiger partial charge >= 0.3 is 0 Å². The lowest BCUT2D eigenvalue weighted by atomic mass is 9.90. The Morgan fingerprint density at radius 2 is 1.50 bits per heavy atom. The minimum Gasteiger partial charge on any atom is -0.286 e. The molecule has 0 saturated carbocycles. The average Bonchev–Trinajstić information content (AvgIpc) is 2.88. The summed E-state index contributed by atoms with van der Waals surface area (Å²) in [6.45, 7) is 5.02. The third-order valence-corrected chi connectivity index (χ3v) is 6.95. The van der Waals surface area contributed by atoms with Crippen LogP contribution in [-0.4, -0.2) is 36.9 Å². The zero-order valence-corrected chi connectivity index (χ0v) is 15.2. The SMILES string of the molecule is CCN(C(c1ccccc1)c1ccccc1)[C@@]1(C)CCS(=O)(=O)C1. The summed E-state index contributed by atoms with van der Waals surface area (Å²) < 4.78 is 24.3. The van der Waals surface area contributed by atoms with Gasteiger partial charge in [-0.25, -0.2) is 8.42 Å². The molecule has 0 amide bonds. The van der Waals surface area contributed by atoms with E-state index in [0.29, 0.717) is 6.42 Å². The van der Waals surface area contributed by atoms with E-state index < -0.39 is 9.84 Å². The van der Waals surface area contributed by atoms with Gasteiger partial charge in [0.15, 0.2) is 9.84 Å². The predicted molar refractivity (Wildman–Crippen MR) is 98.8 cm³/mol. The normalized spacial score (nSPS) is 23.0. The molecule has 0 aliphatic carbocycles. The molecule has 0 unspecified atom stereocenters. The fourth-order valence-corrected chi connectivity index (χ4v) is 6.07. The maximum atomic E-state index is 12.1. The van der Waals surface area contributed by atoms with Crippen molar-refractivity contribution >= 4 is 9.84 Å². The summed E-state index contributed by atoms with van der Waals surface area (Å²) in [7, 11) is -2.95. The molecule has 1 aliphatic heterocycles. The van der Waals surface area contributed by atoms with Crippen LogP contribution in [0, 0.1) is 0 Å². The summed E-state index contributed by atoms with van der Waals surface area (Å²) in [6.07, 6.45) is 0.694. The summed E-state index contributed by atoms with van der Waals surface area (Å²) >= 11 is 0. The lowest BCUT2D eigenvalue weighted by Gasteiger charge is -2.43. The van der Waals surface area contributed by atoms with Crippen molar-refractivity contribution in [3.05, 3.63) is 71.8 Å². The van der Waals surface area contributed by atoms with Crippen molar-refractivity contribution in [2.45, 2.75) is 31.8 Å². The van der Waals surface area contributed by atoms with Gasteiger partial charge in [-0.15, -0.1) is 0 Å². The van der Waals surface area contributed by atoms with Gasteiger partial charge in [-0.1, -0.05) is 67.6 Å². The highest BCUT2D eigenvalue weighted by Gasteiger charge is 2.45. The minimum absolute atomic E-state index is 0.0655. The molecule has 0 bridgehead atoms. The molecule has 0 spiro atoms. The molecule has 0 radical (unpaired) electrons. The van der Waals surface area contributed by atoms with Gasteiger partial charge in [0.2, 0.25) is 0 Å². The van der Waals surface area contributed by atoms with Crippen molar-refractivity contribution in [3.63, 3.8) is 0 Å². The van der Waals surface area contributed by atoms with Crippen LogP contribution in [0.4, 0.5) is 0 Å². The molecule has 1 aliphatic rings. The van der Waals surface area contributed by atoms with E-state index >= 15 is 0 Å². The minimum atomic E-state index is -2.95. The van der Waals surface area contributed by atoms with E-state index in [1.165, 1.54) is 11.1 Å². The maximum absolute atomic E-state index is 12.1. The molecule has 2 aromatic carbocycles. The van der Waals surface area contributed by atoms with Gasteiger partial charge in [0.25, 0.3) is 0 Å². The summed E-state index contributed by atoms with van der Waals surface area (Å²) in [4.78, 5) is 2.36. The summed E-state index contributed by atoms with van der Waals surface area (Å²) in [6, 6.07) is 20.8. The van der Waals surface area contributed by atoms with Crippen molar-refractivity contribution in [1.82, 2.24) is 4.90 Å². The largest absolute Gasteiger partial charge is 0.286 e. The molecule has 1 fully saturated rings. The molecular formula is C20H25NO2S. The molecule has 24 heavy (non-hydrogen) atoms. The highest BCUT2D eigenvalue weighted by Crippen LogP contribution is 2.39. The van der Waals surface area contributed by atoms with Gasteiger partial charge in [0.1, 0.15) is 0 Å². The standard InChI is InChI=1S/C20H25NO2S/c1-3-21(20(2)14-15-24(22,23)16-20)19(17-10-6-4-7-11-17)18-12-8-5-9-13-18/h4-13,19H,3,14-16H2,1-2H3/t20-/m0/s1. The third kappa shape index (κ3) is 3.40. The lowest BCUT2D eigenvalue weighted by Crippen LogP contribution is -2.49.